The van der Waals surface area contributed by atoms with Gasteiger partial charge in [0.15, 0.2) is 0 Å². The summed E-state index contributed by atoms with van der Waals surface area (Å²) >= 11 is 0. The number of hydrogen-bond donors (Lipinski definition) is 1. The second-order valence-electron chi connectivity index (χ2n) is 1.54. The summed E-state index contributed by atoms with van der Waals surface area (Å²) in [6.45, 7) is 4.00. The highest BCUT2D eigenvalue weighted by Crippen LogP contribution is 2.05. The van der Waals surface area contributed by atoms with Crippen molar-refractivity contribution in [3.8, 4) is 11.8 Å². The highest BCUT2D eigenvalue weighted by atomic mass is 16.3. The molecular weight excluding hydrogens is 140 g/mol. The van der Waals surface area contributed by atoms with Crippen molar-refractivity contribution in [3.63, 3.8) is 0 Å². The van der Waals surface area contributed by atoms with E-state index in [9.17, 15) is 0 Å². The maximum absolute atomic E-state index is 8.73. The highest BCUT2D eigenvalue weighted by Gasteiger charge is 1.89. The predicted molar refractivity (Wildman–Crippen MR) is 42.0 cm³/mol. The maximum Gasteiger partial charge on any atom is 0.135 e. The molecule has 1 aromatic rings. The Balaban J connectivity index is 0.000000461. The molecule has 1 rings (SSSR count). The van der Waals surface area contributed by atoms with E-state index in [4.69, 9.17) is 10.4 Å². The summed E-state index contributed by atoms with van der Waals surface area (Å²) < 4.78 is 0. The molecule has 0 saturated carbocycles. The molecule has 3 nitrogen and oxygen atoms in total. The number of aromatic nitrogens is 1. The number of nitrogens with zero attached hydrogens (tertiary/aromatic N) is 2. The van der Waals surface area contributed by atoms with Gasteiger partial charge in [0.1, 0.15) is 11.8 Å². The molecule has 0 aromatic carbocycles. The molecule has 0 unspecified atom stereocenters. The second-order valence-corrected chi connectivity index (χ2v) is 1.54. The number of nitriles is 1. The van der Waals surface area contributed by atoms with Crippen LogP contribution in [-0.4, -0.2) is 10.1 Å². The molecule has 0 aliphatic carbocycles. The van der Waals surface area contributed by atoms with Gasteiger partial charge in [-0.15, -0.1) is 0 Å². The van der Waals surface area contributed by atoms with Gasteiger partial charge >= 0.3 is 0 Å². The molecule has 0 radical (unpaired) electrons. The van der Waals surface area contributed by atoms with E-state index in [1.165, 1.54) is 18.5 Å². The first-order valence-electron chi connectivity index (χ1n) is 3.37. The van der Waals surface area contributed by atoms with Crippen molar-refractivity contribution < 1.29 is 5.11 Å². The van der Waals surface area contributed by atoms with Crippen LogP contribution in [-0.2, 0) is 0 Å². The Hall–Kier alpha value is -1.56. The molecule has 1 aromatic heterocycles. The molecule has 0 aliphatic heterocycles. The zero-order valence-corrected chi connectivity index (χ0v) is 6.57. The first kappa shape index (κ1) is 9.44. The van der Waals surface area contributed by atoms with Crippen LogP contribution in [0.3, 0.4) is 0 Å². The van der Waals surface area contributed by atoms with Crippen molar-refractivity contribution in [2.24, 2.45) is 0 Å². The number of hydrogen-bond acceptors (Lipinski definition) is 3. The third-order valence-electron chi connectivity index (χ3n) is 0.853. The van der Waals surface area contributed by atoms with E-state index >= 15 is 0 Å². The minimum absolute atomic E-state index is 0.0223. The summed E-state index contributed by atoms with van der Waals surface area (Å²) in [5, 5.41) is 17.0. The van der Waals surface area contributed by atoms with E-state index in [-0.39, 0.29) is 5.75 Å². The maximum atomic E-state index is 8.73. The lowest BCUT2D eigenvalue weighted by Crippen LogP contribution is -1.74. The first-order valence-corrected chi connectivity index (χ1v) is 3.37. The third-order valence-corrected chi connectivity index (χ3v) is 0.853. The van der Waals surface area contributed by atoms with E-state index in [0.717, 1.165) is 0 Å². The second kappa shape index (κ2) is 5.24. The largest absolute Gasteiger partial charge is 0.506 e. The van der Waals surface area contributed by atoms with E-state index in [0.29, 0.717) is 5.56 Å². The average molecular weight is 150 g/mol. The average Bonchev–Trinajstić information content (AvgIpc) is 2.08. The van der Waals surface area contributed by atoms with Crippen molar-refractivity contribution >= 4 is 0 Å². The van der Waals surface area contributed by atoms with Crippen LogP contribution in [0.5, 0.6) is 5.75 Å². The number of pyridine rings is 1. The van der Waals surface area contributed by atoms with Crippen molar-refractivity contribution in [1.82, 2.24) is 4.98 Å². The van der Waals surface area contributed by atoms with E-state index in [1.807, 2.05) is 19.9 Å². The smallest absolute Gasteiger partial charge is 0.135 e. The fourth-order valence-electron chi connectivity index (χ4n) is 0.489. The van der Waals surface area contributed by atoms with Gasteiger partial charge in [-0.2, -0.15) is 5.26 Å². The summed E-state index contributed by atoms with van der Waals surface area (Å²) in [6.07, 6.45) is 2.67. The fourth-order valence-corrected chi connectivity index (χ4v) is 0.489. The summed E-state index contributed by atoms with van der Waals surface area (Å²) in [5.74, 6) is 0.0223. The molecule has 1 heterocycles. The van der Waals surface area contributed by atoms with Crippen LogP contribution >= 0.6 is 0 Å². The van der Waals surface area contributed by atoms with Gasteiger partial charge in [-0.25, -0.2) is 0 Å². The minimum Gasteiger partial charge on any atom is -0.506 e. The molecule has 0 aliphatic rings. The van der Waals surface area contributed by atoms with Crippen LogP contribution in [0, 0.1) is 11.3 Å². The monoisotopic (exact) mass is 150 g/mol. The molecule has 58 valence electrons. The molecule has 1 N–H and O–H groups in total. The van der Waals surface area contributed by atoms with Gasteiger partial charge in [0.25, 0.3) is 0 Å². The first-order chi connectivity index (χ1) is 5.33. The summed E-state index contributed by atoms with van der Waals surface area (Å²) in [6, 6.07) is 3.20. The van der Waals surface area contributed by atoms with Crippen molar-refractivity contribution in [2.45, 2.75) is 13.8 Å². The van der Waals surface area contributed by atoms with Gasteiger partial charge in [0.2, 0.25) is 0 Å². The fraction of sp³-hybridized carbons (Fsp3) is 0.250. The molecule has 0 bridgehead atoms. The Labute approximate surface area is 65.9 Å². The lowest BCUT2D eigenvalue weighted by molar-refractivity contribution is 0.472. The molecule has 11 heavy (non-hydrogen) atoms. The van der Waals surface area contributed by atoms with E-state index < -0.39 is 0 Å². The van der Waals surface area contributed by atoms with Gasteiger partial charge in [-0.3, -0.25) is 4.98 Å². The molecule has 0 amide bonds. The van der Waals surface area contributed by atoms with Gasteiger partial charge in [0.05, 0.1) is 11.8 Å². The molecule has 0 fully saturated rings. The summed E-state index contributed by atoms with van der Waals surface area (Å²) in [7, 11) is 0. The van der Waals surface area contributed by atoms with Crippen molar-refractivity contribution in [3.05, 3.63) is 24.0 Å². The minimum atomic E-state index is 0.0223. The van der Waals surface area contributed by atoms with Crippen LogP contribution in [0.1, 0.15) is 19.4 Å². The zero-order chi connectivity index (χ0) is 8.69. The van der Waals surface area contributed by atoms with Gasteiger partial charge in [0, 0.05) is 12.3 Å². The van der Waals surface area contributed by atoms with Gasteiger partial charge in [-0.05, 0) is 0 Å². The SMILES string of the molecule is CC.N#Cc1cncc(O)c1. The topological polar surface area (TPSA) is 56.9 Å². The third kappa shape index (κ3) is 3.21. The highest BCUT2D eigenvalue weighted by molar-refractivity contribution is 5.31. The van der Waals surface area contributed by atoms with Gasteiger partial charge in [-0.1, -0.05) is 13.8 Å². The van der Waals surface area contributed by atoms with Crippen LogP contribution in [0.2, 0.25) is 0 Å². The Morgan fingerprint density at radius 2 is 2.09 bits per heavy atom. The molecular formula is C8H10N2O. The van der Waals surface area contributed by atoms with Crippen LogP contribution in [0.15, 0.2) is 18.5 Å². The number of rotatable bonds is 0. The molecule has 0 atom stereocenters. The standard InChI is InChI=1S/C6H4N2O.C2H6/c7-2-5-1-6(9)4-8-3-5;1-2/h1,3-4,9H;1-2H3. The molecule has 0 saturated heterocycles. The van der Waals surface area contributed by atoms with Crippen LogP contribution < -0.4 is 0 Å². The van der Waals surface area contributed by atoms with Crippen molar-refractivity contribution in [1.29, 1.82) is 5.26 Å². The van der Waals surface area contributed by atoms with E-state index in [2.05, 4.69) is 4.98 Å². The summed E-state index contributed by atoms with van der Waals surface area (Å²) in [5.41, 5.74) is 0.370. The lowest BCUT2D eigenvalue weighted by atomic mass is 10.3. The Morgan fingerprint density at radius 1 is 1.45 bits per heavy atom. The Kier molecular flexibility index (Phi) is 4.50. The lowest BCUT2D eigenvalue weighted by Gasteiger charge is -1.87. The Bertz CT molecular complexity index is 253. The van der Waals surface area contributed by atoms with Crippen molar-refractivity contribution in [2.75, 3.05) is 0 Å². The summed E-state index contributed by atoms with van der Waals surface area (Å²) in [4.78, 5) is 3.58. The van der Waals surface area contributed by atoms with Crippen LogP contribution in [0.4, 0.5) is 0 Å². The molecule has 0 spiro atoms. The zero-order valence-electron chi connectivity index (χ0n) is 6.57. The molecule has 3 heteroatoms. The quantitative estimate of drug-likeness (QED) is 0.612. The predicted octanol–water partition coefficient (Wildman–Crippen LogP) is 1.69. The Morgan fingerprint density at radius 3 is 2.45 bits per heavy atom. The normalized spacial score (nSPS) is 7.36. The number of aromatic hydroxyl groups is 1. The van der Waals surface area contributed by atoms with Crippen LogP contribution in [0.25, 0.3) is 0 Å². The van der Waals surface area contributed by atoms with Gasteiger partial charge < -0.3 is 5.11 Å². The van der Waals surface area contributed by atoms with E-state index in [1.54, 1.807) is 0 Å².